The third-order valence-corrected chi connectivity index (χ3v) is 2.82. The molecular formula is C12H21N5OS. The molecule has 0 fully saturated rings. The van der Waals surface area contributed by atoms with E-state index in [0.29, 0.717) is 42.2 Å². The molecule has 0 radical (unpaired) electrons. The molecule has 6 nitrogen and oxygen atoms in total. The summed E-state index contributed by atoms with van der Waals surface area (Å²) in [6, 6.07) is 1.66. The molecule has 0 aromatic carbocycles. The van der Waals surface area contributed by atoms with Crippen LogP contribution < -0.4 is 16.4 Å². The van der Waals surface area contributed by atoms with Crippen molar-refractivity contribution in [2.45, 2.75) is 25.4 Å². The van der Waals surface area contributed by atoms with Crippen LogP contribution in [0.25, 0.3) is 0 Å². The van der Waals surface area contributed by atoms with Gasteiger partial charge in [0.25, 0.3) is 0 Å². The molecule has 1 rings (SSSR count). The van der Waals surface area contributed by atoms with E-state index in [1.807, 2.05) is 6.26 Å². The molecular weight excluding hydrogens is 262 g/mol. The Bertz CT molecular complexity index is 425. The van der Waals surface area contributed by atoms with Crippen LogP contribution >= 0.6 is 11.8 Å². The second kappa shape index (κ2) is 7.83. The number of hydrogen-bond acceptors (Lipinski definition) is 6. The Morgan fingerprint density at radius 1 is 1.47 bits per heavy atom. The van der Waals surface area contributed by atoms with E-state index in [2.05, 4.69) is 34.4 Å². The lowest BCUT2D eigenvalue weighted by molar-refractivity contribution is -0.120. The second-order valence-corrected chi connectivity index (χ2v) is 5.31. The quantitative estimate of drug-likeness (QED) is 0.517. The van der Waals surface area contributed by atoms with Crippen LogP contribution in [0.3, 0.4) is 0 Å². The molecule has 0 atom stereocenters. The fraction of sp³-hybridized carbons (Fsp3) is 0.583. The molecule has 106 valence electrons. The summed E-state index contributed by atoms with van der Waals surface area (Å²) in [4.78, 5) is 19.8. The Hall–Kier alpha value is -1.50. The Morgan fingerprint density at radius 2 is 2.21 bits per heavy atom. The molecule has 0 aliphatic heterocycles. The first-order chi connectivity index (χ1) is 9.01. The Morgan fingerprint density at radius 3 is 2.84 bits per heavy atom. The van der Waals surface area contributed by atoms with E-state index < -0.39 is 0 Å². The average Bonchev–Trinajstić information content (AvgIpc) is 2.35. The van der Waals surface area contributed by atoms with Crippen molar-refractivity contribution in [1.82, 2.24) is 15.3 Å². The van der Waals surface area contributed by atoms with Gasteiger partial charge in [0, 0.05) is 25.6 Å². The molecule has 1 aromatic rings. The zero-order chi connectivity index (χ0) is 14.3. The van der Waals surface area contributed by atoms with E-state index in [4.69, 9.17) is 5.73 Å². The van der Waals surface area contributed by atoms with Crippen LogP contribution in [-0.4, -0.2) is 35.2 Å². The zero-order valence-corrected chi connectivity index (χ0v) is 12.4. The number of carbonyl (C=O) groups is 1. The standard InChI is InChI=1S/C12H21N5OS/c1-8(2)7-15-11(18)4-5-14-10-6-9(13)16-12(17-10)19-3/h6,8H,4-5,7H2,1-3H3,(H,15,18)(H3,13,14,16,17). The number of aromatic nitrogens is 2. The van der Waals surface area contributed by atoms with Crippen molar-refractivity contribution in [1.29, 1.82) is 0 Å². The number of hydrogen-bond donors (Lipinski definition) is 3. The van der Waals surface area contributed by atoms with Crippen molar-refractivity contribution >= 4 is 29.3 Å². The van der Waals surface area contributed by atoms with Crippen molar-refractivity contribution in [2.75, 3.05) is 30.4 Å². The first-order valence-corrected chi connectivity index (χ1v) is 7.43. The minimum Gasteiger partial charge on any atom is -0.383 e. The predicted octanol–water partition coefficient (Wildman–Crippen LogP) is 1.35. The van der Waals surface area contributed by atoms with Gasteiger partial charge in [0.05, 0.1) is 0 Å². The van der Waals surface area contributed by atoms with Gasteiger partial charge in [0.1, 0.15) is 11.6 Å². The number of rotatable bonds is 7. The van der Waals surface area contributed by atoms with Crippen molar-refractivity contribution in [3.8, 4) is 0 Å². The maximum Gasteiger partial charge on any atom is 0.221 e. The highest BCUT2D eigenvalue weighted by Crippen LogP contribution is 2.14. The van der Waals surface area contributed by atoms with E-state index in [9.17, 15) is 4.79 Å². The maximum atomic E-state index is 11.5. The summed E-state index contributed by atoms with van der Waals surface area (Å²) in [5.41, 5.74) is 5.66. The van der Waals surface area contributed by atoms with Crippen molar-refractivity contribution in [2.24, 2.45) is 5.92 Å². The SMILES string of the molecule is CSc1nc(N)cc(NCCC(=O)NCC(C)C)n1. The van der Waals surface area contributed by atoms with E-state index in [-0.39, 0.29) is 5.91 Å². The Labute approximate surface area is 118 Å². The van der Waals surface area contributed by atoms with Crippen molar-refractivity contribution < 1.29 is 4.79 Å². The molecule has 4 N–H and O–H groups in total. The van der Waals surface area contributed by atoms with Gasteiger partial charge in [0.15, 0.2) is 5.16 Å². The van der Waals surface area contributed by atoms with Gasteiger partial charge in [-0.05, 0) is 12.2 Å². The van der Waals surface area contributed by atoms with Crippen molar-refractivity contribution in [3.63, 3.8) is 0 Å². The summed E-state index contributed by atoms with van der Waals surface area (Å²) in [6.07, 6.45) is 2.29. The van der Waals surface area contributed by atoms with Gasteiger partial charge in [0.2, 0.25) is 5.91 Å². The van der Waals surface area contributed by atoms with Crippen molar-refractivity contribution in [3.05, 3.63) is 6.07 Å². The summed E-state index contributed by atoms with van der Waals surface area (Å²) in [5, 5.41) is 6.55. The van der Waals surface area contributed by atoms with Gasteiger partial charge < -0.3 is 16.4 Å². The highest BCUT2D eigenvalue weighted by Gasteiger charge is 2.04. The molecule has 1 heterocycles. The van der Waals surface area contributed by atoms with E-state index in [0.717, 1.165) is 0 Å². The molecule has 0 saturated heterocycles. The lowest BCUT2D eigenvalue weighted by atomic mass is 10.2. The van der Waals surface area contributed by atoms with E-state index >= 15 is 0 Å². The van der Waals surface area contributed by atoms with Crippen LogP contribution in [0, 0.1) is 5.92 Å². The number of nitrogens with zero attached hydrogens (tertiary/aromatic N) is 2. The van der Waals surface area contributed by atoms with Crippen LogP contribution in [0.15, 0.2) is 11.2 Å². The van der Waals surface area contributed by atoms with Crippen LogP contribution in [-0.2, 0) is 4.79 Å². The number of amides is 1. The maximum absolute atomic E-state index is 11.5. The van der Waals surface area contributed by atoms with Gasteiger partial charge in [-0.25, -0.2) is 9.97 Å². The number of carbonyl (C=O) groups excluding carboxylic acids is 1. The molecule has 0 aliphatic carbocycles. The van der Waals surface area contributed by atoms with Gasteiger partial charge in [-0.3, -0.25) is 4.79 Å². The molecule has 1 aromatic heterocycles. The monoisotopic (exact) mass is 283 g/mol. The topological polar surface area (TPSA) is 92.9 Å². The number of nitrogen functional groups attached to an aromatic ring is 1. The smallest absolute Gasteiger partial charge is 0.221 e. The second-order valence-electron chi connectivity index (χ2n) is 4.54. The van der Waals surface area contributed by atoms with Crippen LogP contribution in [0.2, 0.25) is 0 Å². The Balaban J connectivity index is 2.36. The predicted molar refractivity (Wildman–Crippen MR) is 79.2 cm³/mol. The Kier molecular flexibility index (Phi) is 6.41. The molecule has 0 unspecified atom stereocenters. The minimum atomic E-state index is 0.0355. The van der Waals surface area contributed by atoms with Crippen LogP contribution in [0.5, 0.6) is 0 Å². The number of nitrogens with one attached hydrogen (secondary N) is 2. The van der Waals surface area contributed by atoms with E-state index in [1.54, 1.807) is 6.07 Å². The van der Waals surface area contributed by atoms with E-state index in [1.165, 1.54) is 11.8 Å². The third-order valence-electron chi connectivity index (χ3n) is 2.27. The summed E-state index contributed by atoms with van der Waals surface area (Å²) < 4.78 is 0. The average molecular weight is 283 g/mol. The van der Waals surface area contributed by atoms with Gasteiger partial charge in [-0.15, -0.1) is 0 Å². The summed E-state index contributed by atoms with van der Waals surface area (Å²) in [5.74, 6) is 1.57. The molecule has 7 heteroatoms. The first kappa shape index (κ1) is 15.6. The summed E-state index contributed by atoms with van der Waals surface area (Å²) >= 11 is 1.43. The number of thioether (sulfide) groups is 1. The fourth-order valence-electron chi connectivity index (χ4n) is 1.34. The largest absolute Gasteiger partial charge is 0.383 e. The summed E-state index contributed by atoms with van der Waals surface area (Å²) in [6.45, 7) is 5.35. The highest BCUT2D eigenvalue weighted by atomic mass is 32.2. The zero-order valence-electron chi connectivity index (χ0n) is 11.6. The van der Waals surface area contributed by atoms with Crippen LogP contribution in [0.4, 0.5) is 11.6 Å². The molecule has 0 aliphatic rings. The van der Waals surface area contributed by atoms with Crippen LogP contribution in [0.1, 0.15) is 20.3 Å². The molecule has 1 amide bonds. The lowest BCUT2D eigenvalue weighted by Crippen LogP contribution is -2.28. The highest BCUT2D eigenvalue weighted by molar-refractivity contribution is 7.98. The van der Waals surface area contributed by atoms with Gasteiger partial charge in [-0.1, -0.05) is 25.6 Å². The third kappa shape index (κ3) is 6.28. The molecule has 19 heavy (non-hydrogen) atoms. The van der Waals surface area contributed by atoms with Gasteiger partial charge in [-0.2, -0.15) is 0 Å². The lowest BCUT2D eigenvalue weighted by Gasteiger charge is -2.09. The number of anilines is 2. The number of nitrogens with two attached hydrogens (primary N) is 1. The fourth-order valence-corrected chi connectivity index (χ4v) is 1.72. The molecule has 0 bridgehead atoms. The molecule has 0 saturated carbocycles. The molecule has 0 spiro atoms. The minimum absolute atomic E-state index is 0.0355. The normalized spacial score (nSPS) is 10.5. The first-order valence-electron chi connectivity index (χ1n) is 6.20. The van der Waals surface area contributed by atoms with Gasteiger partial charge >= 0.3 is 0 Å². The summed E-state index contributed by atoms with van der Waals surface area (Å²) in [7, 11) is 0.